The fourth-order valence-electron chi connectivity index (χ4n) is 2.12. The van der Waals surface area contributed by atoms with Crippen LogP contribution in [-0.2, 0) is 21.5 Å². The van der Waals surface area contributed by atoms with Crippen LogP contribution in [0.25, 0.3) is 0 Å². The zero-order valence-electron chi connectivity index (χ0n) is 13.8. The minimum absolute atomic E-state index is 0. The normalized spacial score (nSPS) is 10.8. The third-order valence-corrected chi connectivity index (χ3v) is 3.89. The third kappa shape index (κ3) is 5.78. The van der Waals surface area contributed by atoms with Crippen molar-refractivity contribution in [3.8, 4) is 0 Å². The average Bonchev–Trinajstić information content (AvgIpc) is 2.55. The van der Waals surface area contributed by atoms with Crippen LogP contribution in [0.5, 0.6) is 0 Å². The van der Waals surface area contributed by atoms with E-state index in [0.29, 0.717) is 24.7 Å². The summed E-state index contributed by atoms with van der Waals surface area (Å²) in [5.41, 5.74) is 1.28. The Bertz CT molecular complexity index is 631. The minimum atomic E-state index is -0.700. The van der Waals surface area contributed by atoms with Crippen LogP contribution in [0.1, 0.15) is 25.0 Å². The maximum atomic E-state index is 12.3. The summed E-state index contributed by atoms with van der Waals surface area (Å²) in [6.45, 7) is 5.32. The number of benzene rings is 1. The van der Waals surface area contributed by atoms with Gasteiger partial charge in [0.1, 0.15) is 6.61 Å². The molecule has 0 fully saturated rings. The van der Waals surface area contributed by atoms with Crippen molar-refractivity contribution in [3.63, 3.8) is 0 Å². The molecule has 1 heterocycles. The van der Waals surface area contributed by atoms with Gasteiger partial charge in [0.2, 0.25) is 0 Å². The molecule has 0 saturated carbocycles. The molecule has 1 N–H and O–H groups in total. The molecule has 6 heteroatoms. The zero-order chi connectivity index (χ0) is 16.7. The molecule has 2 aromatic rings. The van der Waals surface area contributed by atoms with Gasteiger partial charge in [-0.2, -0.15) is 0 Å². The summed E-state index contributed by atoms with van der Waals surface area (Å²) in [6.07, 6.45) is 3.55. The van der Waals surface area contributed by atoms with Crippen molar-refractivity contribution in [3.05, 3.63) is 64.9 Å². The number of hydrogen-bond acceptors (Lipinski definition) is 4. The van der Waals surface area contributed by atoms with Crippen molar-refractivity contribution in [1.29, 1.82) is 0 Å². The lowest BCUT2D eigenvalue weighted by atomic mass is 9.85. The minimum Gasteiger partial charge on any atom is -0.464 e. The summed E-state index contributed by atoms with van der Waals surface area (Å²) < 4.78 is 5.38. The summed E-state index contributed by atoms with van der Waals surface area (Å²) in [6, 6.07) is 11.2. The summed E-state index contributed by atoms with van der Waals surface area (Å²) in [5.74, 6) is -0.247. The number of pyridine rings is 1. The topological polar surface area (TPSA) is 51.2 Å². The summed E-state index contributed by atoms with van der Waals surface area (Å²) in [7, 11) is 0. The molecule has 130 valence electrons. The van der Waals surface area contributed by atoms with Crippen molar-refractivity contribution in [2.75, 3.05) is 13.2 Å². The van der Waals surface area contributed by atoms with Gasteiger partial charge in [0.05, 0.1) is 5.41 Å². The Morgan fingerprint density at radius 3 is 2.58 bits per heavy atom. The summed E-state index contributed by atoms with van der Waals surface area (Å²) >= 11 is 5.88. The lowest BCUT2D eigenvalue weighted by Gasteiger charge is -2.23. The fourth-order valence-corrected chi connectivity index (χ4v) is 2.24. The Morgan fingerprint density at radius 2 is 1.96 bits per heavy atom. The highest BCUT2D eigenvalue weighted by atomic mass is 35.5. The lowest BCUT2D eigenvalue weighted by molar-refractivity contribution is -0.149. The quantitative estimate of drug-likeness (QED) is 0.596. The molecule has 0 saturated heterocycles. The van der Waals surface area contributed by atoms with E-state index in [9.17, 15) is 4.79 Å². The molecule has 0 radical (unpaired) electrons. The number of halogens is 2. The van der Waals surface area contributed by atoms with Gasteiger partial charge < -0.3 is 10.1 Å². The molecule has 0 aliphatic carbocycles. The number of nitrogens with one attached hydrogen (secondary N) is 1. The molecule has 0 bridgehead atoms. The van der Waals surface area contributed by atoms with Crippen molar-refractivity contribution in [1.82, 2.24) is 10.3 Å². The van der Waals surface area contributed by atoms with Gasteiger partial charge in [0.15, 0.2) is 0 Å². The molecule has 24 heavy (non-hydrogen) atoms. The van der Waals surface area contributed by atoms with Crippen LogP contribution >= 0.6 is 24.0 Å². The SMILES string of the molecule is CC(C)(C(=O)OCCNCc1cccnc1)c1ccc(Cl)cc1.Cl. The van der Waals surface area contributed by atoms with Crippen LogP contribution in [0.3, 0.4) is 0 Å². The summed E-state index contributed by atoms with van der Waals surface area (Å²) in [5, 5.41) is 3.87. The molecular weight excluding hydrogens is 347 g/mol. The first-order valence-corrected chi connectivity index (χ1v) is 7.91. The predicted molar refractivity (Wildman–Crippen MR) is 98.6 cm³/mol. The number of esters is 1. The van der Waals surface area contributed by atoms with E-state index in [1.807, 2.05) is 44.3 Å². The highest BCUT2D eigenvalue weighted by Crippen LogP contribution is 2.26. The number of aromatic nitrogens is 1. The maximum absolute atomic E-state index is 12.3. The molecule has 0 spiro atoms. The van der Waals surface area contributed by atoms with Gasteiger partial charge in [-0.15, -0.1) is 12.4 Å². The van der Waals surface area contributed by atoms with Crippen molar-refractivity contribution >= 4 is 30.0 Å². The standard InChI is InChI=1S/C18H21ClN2O2.ClH/c1-18(2,15-5-7-16(19)8-6-15)17(22)23-11-10-21-13-14-4-3-9-20-12-14;/h3-9,12,21H,10-11,13H2,1-2H3;1H. The van der Waals surface area contributed by atoms with Crippen LogP contribution in [-0.4, -0.2) is 24.1 Å². The lowest BCUT2D eigenvalue weighted by Crippen LogP contribution is -2.33. The van der Waals surface area contributed by atoms with Gasteiger partial charge in [0.25, 0.3) is 0 Å². The van der Waals surface area contributed by atoms with E-state index >= 15 is 0 Å². The van der Waals surface area contributed by atoms with Crippen LogP contribution in [0, 0.1) is 0 Å². The number of ether oxygens (including phenoxy) is 1. The van der Waals surface area contributed by atoms with E-state index in [1.54, 1.807) is 18.3 Å². The number of hydrogen-bond donors (Lipinski definition) is 1. The smallest absolute Gasteiger partial charge is 0.316 e. The molecule has 0 unspecified atom stereocenters. The Morgan fingerprint density at radius 1 is 1.25 bits per heavy atom. The molecule has 0 amide bonds. The number of rotatable bonds is 7. The van der Waals surface area contributed by atoms with E-state index in [0.717, 1.165) is 11.1 Å². The van der Waals surface area contributed by atoms with E-state index in [2.05, 4.69) is 10.3 Å². The molecule has 0 aliphatic heterocycles. The van der Waals surface area contributed by atoms with Gasteiger partial charge in [-0.3, -0.25) is 9.78 Å². The van der Waals surface area contributed by atoms with Crippen molar-refractivity contribution in [2.45, 2.75) is 25.8 Å². The molecular formula is C18H22Cl2N2O2. The second kappa shape index (κ2) is 9.62. The predicted octanol–water partition coefficient (Wildman–Crippen LogP) is 3.77. The van der Waals surface area contributed by atoms with Gasteiger partial charge in [-0.05, 0) is 43.2 Å². The van der Waals surface area contributed by atoms with Crippen LogP contribution < -0.4 is 5.32 Å². The second-order valence-corrected chi connectivity index (χ2v) is 6.24. The Kier molecular flexibility index (Phi) is 8.19. The van der Waals surface area contributed by atoms with Crippen LogP contribution in [0.15, 0.2) is 48.8 Å². The average molecular weight is 369 g/mol. The second-order valence-electron chi connectivity index (χ2n) is 5.81. The first-order valence-electron chi connectivity index (χ1n) is 7.53. The molecule has 0 atom stereocenters. The Labute approximate surface area is 154 Å². The molecule has 1 aromatic carbocycles. The number of carbonyl (C=O) groups excluding carboxylic acids is 1. The molecule has 4 nitrogen and oxygen atoms in total. The zero-order valence-corrected chi connectivity index (χ0v) is 15.4. The molecule has 1 aromatic heterocycles. The van der Waals surface area contributed by atoms with E-state index in [1.165, 1.54) is 0 Å². The number of carbonyl (C=O) groups is 1. The van der Waals surface area contributed by atoms with Gasteiger partial charge in [-0.1, -0.05) is 29.8 Å². The largest absolute Gasteiger partial charge is 0.464 e. The molecule has 0 aliphatic rings. The van der Waals surface area contributed by atoms with Crippen LogP contribution in [0.4, 0.5) is 0 Å². The number of nitrogens with zero attached hydrogens (tertiary/aromatic N) is 1. The molecule has 2 rings (SSSR count). The van der Waals surface area contributed by atoms with Crippen molar-refractivity contribution < 1.29 is 9.53 Å². The highest BCUT2D eigenvalue weighted by Gasteiger charge is 2.31. The van der Waals surface area contributed by atoms with Gasteiger partial charge in [-0.25, -0.2) is 0 Å². The fraction of sp³-hybridized carbons (Fsp3) is 0.333. The van der Waals surface area contributed by atoms with Crippen LogP contribution in [0.2, 0.25) is 5.02 Å². The third-order valence-electron chi connectivity index (χ3n) is 3.64. The Balaban J connectivity index is 0.00000288. The van der Waals surface area contributed by atoms with Gasteiger partial charge in [0, 0.05) is 30.5 Å². The summed E-state index contributed by atoms with van der Waals surface area (Å²) in [4.78, 5) is 16.3. The maximum Gasteiger partial charge on any atom is 0.316 e. The first-order chi connectivity index (χ1) is 11.0. The van der Waals surface area contributed by atoms with Crippen molar-refractivity contribution in [2.24, 2.45) is 0 Å². The highest BCUT2D eigenvalue weighted by molar-refractivity contribution is 6.30. The Hall–Kier alpha value is -1.62. The van der Waals surface area contributed by atoms with E-state index < -0.39 is 5.41 Å². The monoisotopic (exact) mass is 368 g/mol. The van der Waals surface area contributed by atoms with E-state index in [-0.39, 0.29) is 18.4 Å². The van der Waals surface area contributed by atoms with E-state index in [4.69, 9.17) is 16.3 Å². The first kappa shape index (κ1) is 20.4. The van der Waals surface area contributed by atoms with Gasteiger partial charge >= 0.3 is 5.97 Å².